The summed E-state index contributed by atoms with van der Waals surface area (Å²) in [5.74, 6) is -1.13. The molecular formula is C17H23NO3. The Kier molecular flexibility index (Phi) is 3.29. The van der Waals surface area contributed by atoms with Crippen molar-refractivity contribution in [1.29, 1.82) is 0 Å². The van der Waals surface area contributed by atoms with Gasteiger partial charge in [0.2, 0.25) is 0 Å². The second-order valence-corrected chi connectivity index (χ2v) is 5.97. The van der Waals surface area contributed by atoms with Crippen molar-refractivity contribution in [2.45, 2.75) is 49.8 Å². The third-order valence-corrected chi connectivity index (χ3v) is 4.64. The van der Waals surface area contributed by atoms with E-state index in [1.165, 1.54) is 0 Å². The van der Waals surface area contributed by atoms with E-state index >= 15 is 0 Å². The van der Waals surface area contributed by atoms with Crippen molar-refractivity contribution < 1.29 is 18.8 Å². The normalized spacial score (nSPS) is 32.8. The molecule has 2 fully saturated rings. The van der Waals surface area contributed by atoms with E-state index < -0.39 is 18.9 Å². The molecule has 1 N–H and O–H groups in total. The molecule has 21 heavy (non-hydrogen) atoms. The molecule has 3 rings (SSSR count). The lowest BCUT2D eigenvalue weighted by Gasteiger charge is -2.36. The second-order valence-electron chi connectivity index (χ2n) is 5.97. The van der Waals surface area contributed by atoms with Crippen molar-refractivity contribution in [1.82, 2.24) is 4.90 Å². The van der Waals surface area contributed by atoms with E-state index in [-0.39, 0.29) is 24.8 Å². The van der Waals surface area contributed by atoms with E-state index in [9.17, 15) is 9.90 Å². The summed E-state index contributed by atoms with van der Waals surface area (Å²) in [6.07, 6.45) is 2.49. The Balaban J connectivity index is 1.64. The molecule has 2 heterocycles. The first-order chi connectivity index (χ1) is 11.4. The molecule has 1 aromatic rings. The van der Waals surface area contributed by atoms with Gasteiger partial charge in [0.05, 0.1) is 6.61 Å². The molecule has 0 aromatic heterocycles. The smallest absolute Gasteiger partial charge is 0.316 e. The molecule has 4 heteroatoms. The van der Waals surface area contributed by atoms with E-state index in [1.54, 1.807) is 17.0 Å². The highest BCUT2D eigenvalue weighted by atomic mass is 16.5. The molecule has 2 saturated heterocycles. The fraction of sp³-hybridized carbons (Fsp3) is 0.588. The summed E-state index contributed by atoms with van der Waals surface area (Å²) >= 11 is 0. The quantitative estimate of drug-likeness (QED) is 0.862. The molecule has 0 amide bonds. The summed E-state index contributed by atoms with van der Waals surface area (Å²) in [7, 11) is 0. The number of aliphatic hydroxyl groups is 1. The lowest BCUT2D eigenvalue weighted by atomic mass is 9.98. The molecule has 0 spiro atoms. The Morgan fingerprint density at radius 1 is 1.38 bits per heavy atom. The van der Waals surface area contributed by atoms with Crippen LogP contribution in [0.4, 0.5) is 0 Å². The predicted octanol–water partition coefficient (Wildman–Crippen LogP) is 1.93. The third kappa shape index (κ3) is 2.97. The van der Waals surface area contributed by atoms with Gasteiger partial charge in [-0.1, -0.05) is 30.3 Å². The van der Waals surface area contributed by atoms with Crippen LogP contribution in [0.15, 0.2) is 30.3 Å². The number of aliphatic hydroxyl groups excluding tert-OH is 1. The van der Waals surface area contributed by atoms with E-state index in [4.69, 9.17) is 8.85 Å². The van der Waals surface area contributed by atoms with Gasteiger partial charge in [-0.25, -0.2) is 0 Å². The number of fused-ring (bicyclic) bond motifs is 2. The molecular weight excluding hydrogens is 266 g/mol. The van der Waals surface area contributed by atoms with Crippen LogP contribution in [0.5, 0.6) is 0 Å². The molecule has 1 aromatic carbocycles. The van der Waals surface area contributed by atoms with Crippen LogP contribution in [0.2, 0.25) is 0 Å². The maximum atomic E-state index is 12.4. The Labute approximate surface area is 129 Å². The highest BCUT2D eigenvalue weighted by Crippen LogP contribution is 2.36. The van der Waals surface area contributed by atoms with Gasteiger partial charge in [0.15, 0.2) is 0 Å². The fourth-order valence-corrected chi connectivity index (χ4v) is 3.47. The topological polar surface area (TPSA) is 49.8 Å². The number of carbonyl (C=O) groups is 1. The monoisotopic (exact) mass is 292 g/mol. The highest BCUT2D eigenvalue weighted by molar-refractivity contribution is 5.78. The van der Waals surface area contributed by atoms with Crippen LogP contribution >= 0.6 is 0 Å². The Morgan fingerprint density at radius 3 is 2.62 bits per heavy atom. The number of hydrogen-bond acceptors (Lipinski definition) is 4. The maximum Gasteiger partial charge on any atom is 0.316 e. The molecule has 2 unspecified atom stereocenters. The van der Waals surface area contributed by atoms with Gasteiger partial charge in [-0.2, -0.15) is 0 Å². The zero-order chi connectivity index (χ0) is 17.3. The molecule has 0 aliphatic carbocycles. The molecule has 4 nitrogen and oxygen atoms in total. The molecule has 2 aliphatic heterocycles. The Morgan fingerprint density at radius 2 is 2.05 bits per heavy atom. The molecule has 4 atom stereocenters. The van der Waals surface area contributed by atoms with E-state index in [0.717, 1.165) is 18.4 Å². The number of piperidine rings is 1. The largest absolute Gasteiger partial charge is 0.462 e. The Bertz CT molecular complexity index is 564. The number of rotatable bonds is 4. The van der Waals surface area contributed by atoms with Gasteiger partial charge >= 0.3 is 5.97 Å². The lowest BCUT2D eigenvalue weighted by Crippen LogP contribution is -2.43. The van der Waals surface area contributed by atoms with Gasteiger partial charge in [0.1, 0.15) is 12.0 Å². The van der Waals surface area contributed by atoms with Gasteiger partial charge < -0.3 is 14.7 Å². The van der Waals surface area contributed by atoms with Gasteiger partial charge in [-0.15, -0.1) is 0 Å². The van der Waals surface area contributed by atoms with Crippen molar-refractivity contribution in [3.8, 4) is 0 Å². The van der Waals surface area contributed by atoms with Gasteiger partial charge in [-0.3, -0.25) is 4.79 Å². The number of esters is 1. The Hall–Kier alpha value is -1.39. The summed E-state index contributed by atoms with van der Waals surface area (Å²) in [5, 5.41) is 9.56. The van der Waals surface area contributed by atoms with Crippen LogP contribution in [0.3, 0.4) is 0 Å². The number of ether oxygens (including phenoxy) is 1. The molecule has 2 bridgehead atoms. The van der Waals surface area contributed by atoms with Crippen LogP contribution in [0.1, 0.15) is 41.3 Å². The predicted molar refractivity (Wildman–Crippen MR) is 80.0 cm³/mol. The van der Waals surface area contributed by atoms with Gasteiger partial charge in [-0.05, 0) is 38.2 Å². The van der Waals surface area contributed by atoms with Crippen LogP contribution < -0.4 is 0 Å². The molecule has 0 saturated carbocycles. The minimum absolute atomic E-state index is 0.0571. The van der Waals surface area contributed by atoms with Crippen molar-refractivity contribution in [2.75, 3.05) is 13.6 Å². The number of benzene rings is 1. The van der Waals surface area contributed by atoms with Crippen LogP contribution in [0, 0.1) is 0 Å². The third-order valence-electron chi connectivity index (χ3n) is 4.64. The van der Waals surface area contributed by atoms with E-state index in [2.05, 4.69) is 0 Å². The summed E-state index contributed by atoms with van der Waals surface area (Å²) in [5.41, 5.74) is 0.730. The van der Waals surface area contributed by atoms with Crippen molar-refractivity contribution in [3.05, 3.63) is 35.9 Å². The fourth-order valence-electron chi connectivity index (χ4n) is 3.47. The van der Waals surface area contributed by atoms with Crippen molar-refractivity contribution in [3.63, 3.8) is 0 Å². The van der Waals surface area contributed by atoms with Crippen molar-refractivity contribution in [2.24, 2.45) is 0 Å². The number of carbonyl (C=O) groups excluding carboxylic acids is 1. The molecule has 0 radical (unpaired) electrons. The highest BCUT2D eigenvalue weighted by Gasteiger charge is 2.40. The van der Waals surface area contributed by atoms with Crippen molar-refractivity contribution >= 4 is 5.97 Å². The maximum absolute atomic E-state index is 12.4. The minimum Gasteiger partial charge on any atom is -0.462 e. The summed E-state index contributed by atoms with van der Waals surface area (Å²) in [6, 6.07) is 8.97. The SMILES string of the molecule is [2H]C([2H])([2H])N1C2CC[C@H]1CC(OC(=O)[C@H](CO)c1ccccc1)C2. The minimum atomic E-state index is -2.08. The standard InChI is InChI=1S/C17H23NO3/c1-18-13-7-8-14(18)10-15(9-13)21-17(20)16(11-19)12-5-3-2-4-6-12/h2-6,13-16,19H,7-11H2,1H3/t13-,14?,15?,16+/m0/s1/i1D3. The van der Waals surface area contributed by atoms with E-state index in [1.807, 2.05) is 18.2 Å². The van der Waals surface area contributed by atoms with Gasteiger partial charge in [0, 0.05) is 16.2 Å². The molecule has 2 aliphatic rings. The van der Waals surface area contributed by atoms with Crippen LogP contribution in [-0.4, -0.2) is 47.7 Å². The first-order valence-electron chi connectivity index (χ1n) is 9.05. The van der Waals surface area contributed by atoms with Gasteiger partial charge in [0.25, 0.3) is 0 Å². The first-order valence-corrected chi connectivity index (χ1v) is 7.55. The first kappa shape index (κ1) is 11.2. The summed E-state index contributed by atoms with van der Waals surface area (Å²) in [4.78, 5) is 14.1. The number of nitrogens with zero attached hydrogens (tertiary/aromatic N) is 1. The second kappa shape index (κ2) is 6.16. The average Bonchev–Trinajstić information content (AvgIpc) is 2.82. The van der Waals surface area contributed by atoms with Crippen LogP contribution in [0.25, 0.3) is 0 Å². The average molecular weight is 292 g/mol. The summed E-state index contributed by atoms with van der Waals surface area (Å²) < 4.78 is 28.6. The summed E-state index contributed by atoms with van der Waals surface area (Å²) in [6.45, 7) is -2.39. The van der Waals surface area contributed by atoms with Crippen LogP contribution in [-0.2, 0) is 9.53 Å². The lowest BCUT2D eigenvalue weighted by molar-refractivity contribution is -0.155. The molecule has 114 valence electrons. The van der Waals surface area contributed by atoms with E-state index in [0.29, 0.717) is 12.8 Å². The zero-order valence-electron chi connectivity index (χ0n) is 14.9. The number of hydrogen-bond donors (Lipinski definition) is 1. The zero-order valence-corrected chi connectivity index (χ0v) is 11.9.